The van der Waals surface area contributed by atoms with Gasteiger partial charge in [0.1, 0.15) is 17.5 Å². The number of hydrogen-bond acceptors (Lipinski definition) is 3. The van der Waals surface area contributed by atoms with Crippen molar-refractivity contribution in [3.63, 3.8) is 0 Å². The summed E-state index contributed by atoms with van der Waals surface area (Å²) >= 11 is 0. The van der Waals surface area contributed by atoms with Crippen molar-refractivity contribution >= 4 is 17.5 Å². The molecule has 1 saturated heterocycles. The molecule has 3 aromatic carbocycles. The van der Waals surface area contributed by atoms with Crippen LogP contribution in [-0.2, 0) is 4.79 Å². The molecule has 1 heterocycles. The average Bonchev–Trinajstić information content (AvgIpc) is 2.82. The Hall–Kier alpha value is -3.65. The highest BCUT2D eigenvalue weighted by Gasteiger charge is 2.29. The van der Waals surface area contributed by atoms with Crippen molar-refractivity contribution in [2.75, 3.05) is 31.5 Å². The summed E-state index contributed by atoms with van der Waals surface area (Å²) in [5.74, 6) is -2.12. The zero-order chi connectivity index (χ0) is 24.2. The van der Waals surface area contributed by atoms with Crippen molar-refractivity contribution in [2.24, 2.45) is 0 Å². The average molecular weight is 467 g/mol. The number of anilines is 1. The lowest BCUT2D eigenvalue weighted by Crippen LogP contribution is -2.50. The molecule has 0 unspecified atom stereocenters. The third-order valence-corrected chi connectivity index (χ3v) is 5.86. The predicted octanol–water partition coefficient (Wildman–Crippen LogP) is 4.61. The van der Waals surface area contributed by atoms with Gasteiger partial charge in [-0.3, -0.25) is 14.5 Å². The molecule has 1 N–H and O–H groups in total. The second kappa shape index (κ2) is 10.1. The lowest BCUT2D eigenvalue weighted by atomic mass is 9.96. The van der Waals surface area contributed by atoms with Gasteiger partial charge in [-0.15, -0.1) is 0 Å². The Labute approximate surface area is 195 Å². The molecule has 176 valence electrons. The Kier molecular flexibility index (Phi) is 6.98. The molecule has 0 spiro atoms. The minimum atomic E-state index is -0.656. The van der Waals surface area contributed by atoms with Crippen molar-refractivity contribution < 1.29 is 22.8 Å². The van der Waals surface area contributed by atoms with E-state index >= 15 is 0 Å². The Morgan fingerprint density at radius 3 is 1.82 bits per heavy atom. The van der Waals surface area contributed by atoms with Crippen LogP contribution in [0.4, 0.5) is 18.9 Å². The van der Waals surface area contributed by atoms with E-state index in [0.29, 0.717) is 31.9 Å². The van der Waals surface area contributed by atoms with Gasteiger partial charge in [0.25, 0.3) is 5.91 Å². The summed E-state index contributed by atoms with van der Waals surface area (Å²) in [6.45, 7) is 3.00. The largest absolute Gasteiger partial charge is 0.336 e. The third-order valence-electron chi connectivity index (χ3n) is 5.86. The lowest BCUT2D eigenvalue weighted by Gasteiger charge is -2.40. The number of carbonyl (C=O) groups is 2. The molecule has 8 heteroatoms. The fourth-order valence-electron chi connectivity index (χ4n) is 4.23. The van der Waals surface area contributed by atoms with Gasteiger partial charge >= 0.3 is 0 Å². The van der Waals surface area contributed by atoms with Crippen LogP contribution in [0.15, 0.2) is 66.7 Å². The number of piperazine rings is 1. The molecule has 1 aliphatic rings. The summed E-state index contributed by atoms with van der Waals surface area (Å²) in [7, 11) is 0. The molecule has 3 aromatic rings. The third kappa shape index (κ3) is 5.28. The molecule has 0 atom stereocenters. The fraction of sp³-hybridized carbons (Fsp3) is 0.231. The minimum absolute atomic E-state index is 0.103. The molecular formula is C26H24F3N3O2. The van der Waals surface area contributed by atoms with Crippen molar-refractivity contribution in [3.05, 3.63) is 101 Å². The number of rotatable bonds is 5. The lowest BCUT2D eigenvalue weighted by molar-refractivity contribution is -0.114. The van der Waals surface area contributed by atoms with E-state index in [-0.39, 0.29) is 29.1 Å². The van der Waals surface area contributed by atoms with E-state index in [1.54, 1.807) is 29.2 Å². The minimum Gasteiger partial charge on any atom is -0.336 e. The highest BCUT2D eigenvalue weighted by Crippen LogP contribution is 2.30. The van der Waals surface area contributed by atoms with E-state index < -0.39 is 11.7 Å². The van der Waals surface area contributed by atoms with E-state index in [1.807, 2.05) is 0 Å². The van der Waals surface area contributed by atoms with E-state index in [0.717, 1.165) is 17.2 Å². The van der Waals surface area contributed by atoms with Crippen LogP contribution in [0.2, 0.25) is 0 Å². The molecule has 1 fully saturated rings. The SMILES string of the molecule is CC(=O)Nc1ccc(F)c(C(=O)N2CCN(C(c3ccc(F)cc3)c3ccc(F)cc3)CC2)c1. The van der Waals surface area contributed by atoms with Crippen LogP contribution in [0.1, 0.15) is 34.5 Å². The normalized spacial score (nSPS) is 14.3. The van der Waals surface area contributed by atoms with Crippen LogP contribution in [0, 0.1) is 17.5 Å². The molecule has 1 aliphatic heterocycles. The first-order valence-electron chi connectivity index (χ1n) is 10.9. The van der Waals surface area contributed by atoms with Crippen LogP contribution in [0.5, 0.6) is 0 Å². The number of halogens is 3. The molecule has 34 heavy (non-hydrogen) atoms. The Balaban J connectivity index is 1.53. The van der Waals surface area contributed by atoms with Crippen molar-refractivity contribution in [1.82, 2.24) is 9.80 Å². The van der Waals surface area contributed by atoms with E-state index in [4.69, 9.17) is 0 Å². The maximum Gasteiger partial charge on any atom is 0.256 e. The summed E-state index contributed by atoms with van der Waals surface area (Å²) in [6, 6.07) is 16.0. The van der Waals surface area contributed by atoms with Crippen LogP contribution >= 0.6 is 0 Å². The molecule has 2 amide bonds. The second-order valence-corrected chi connectivity index (χ2v) is 8.21. The highest BCUT2D eigenvalue weighted by molar-refractivity contribution is 5.97. The maximum atomic E-state index is 14.4. The zero-order valence-corrected chi connectivity index (χ0v) is 18.6. The summed E-state index contributed by atoms with van der Waals surface area (Å²) in [4.78, 5) is 28.0. The fourth-order valence-corrected chi connectivity index (χ4v) is 4.23. The highest BCUT2D eigenvalue weighted by atomic mass is 19.1. The summed E-state index contributed by atoms with van der Waals surface area (Å²) in [5.41, 5.74) is 1.94. The quantitative estimate of drug-likeness (QED) is 0.596. The van der Waals surface area contributed by atoms with Crippen LogP contribution in [-0.4, -0.2) is 47.8 Å². The van der Waals surface area contributed by atoms with Gasteiger partial charge in [-0.2, -0.15) is 0 Å². The molecular weight excluding hydrogens is 443 g/mol. The number of carbonyl (C=O) groups excluding carboxylic acids is 2. The first-order chi connectivity index (χ1) is 16.3. The number of amides is 2. The van der Waals surface area contributed by atoms with Crippen molar-refractivity contribution in [2.45, 2.75) is 13.0 Å². The van der Waals surface area contributed by atoms with Gasteiger partial charge in [0, 0.05) is 38.8 Å². The van der Waals surface area contributed by atoms with Crippen LogP contribution in [0.3, 0.4) is 0 Å². The first kappa shape index (κ1) is 23.5. The van der Waals surface area contributed by atoms with Gasteiger partial charge in [0.2, 0.25) is 5.91 Å². The monoisotopic (exact) mass is 467 g/mol. The maximum absolute atomic E-state index is 14.4. The first-order valence-corrected chi connectivity index (χ1v) is 10.9. The van der Waals surface area contributed by atoms with Crippen LogP contribution in [0.25, 0.3) is 0 Å². The Morgan fingerprint density at radius 1 is 0.794 bits per heavy atom. The van der Waals surface area contributed by atoms with Crippen molar-refractivity contribution in [3.8, 4) is 0 Å². The zero-order valence-electron chi connectivity index (χ0n) is 18.6. The van der Waals surface area contributed by atoms with E-state index in [1.165, 1.54) is 43.3 Å². The van der Waals surface area contributed by atoms with Gasteiger partial charge in [-0.25, -0.2) is 13.2 Å². The van der Waals surface area contributed by atoms with Gasteiger partial charge in [0.15, 0.2) is 0 Å². The van der Waals surface area contributed by atoms with Gasteiger partial charge < -0.3 is 10.2 Å². The number of hydrogen-bond donors (Lipinski definition) is 1. The molecule has 4 rings (SSSR count). The number of benzene rings is 3. The van der Waals surface area contributed by atoms with E-state index in [2.05, 4.69) is 10.2 Å². The molecule has 5 nitrogen and oxygen atoms in total. The Bertz CT molecular complexity index is 1130. The van der Waals surface area contributed by atoms with Gasteiger partial charge in [-0.05, 0) is 53.6 Å². The summed E-state index contributed by atoms with van der Waals surface area (Å²) < 4.78 is 41.4. The van der Waals surface area contributed by atoms with Gasteiger partial charge in [0.05, 0.1) is 11.6 Å². The van der Waals surface area contributed by atoms with E-state index in [9.17, 15) is 22.8 Å². The molecule has 0 saturated carbocycles. The number of nitrogens with zero attached hydrogens (tertiary/aromatic N) is 2. The van der Waals surface area contributed by atoms with Crippen LogP contribution < -0.4 is 5.32 Å². The molecule has 0 aromatic heterocycles. The predicted molar refractivity (Wildman–Crippen MR) is 123 cm³/mol. The number of nitrogens with one attached hydrogen (secondary N) is 1. The Morgan fingerprint density at radius 2 is 1.32 bits per heavy atom. The standard InChI is InChI=1S/C26H24F3N3O2/c1-17(33)30-22-10-11-24(29)23(16-22)26(34)32-14-12-31(13-15-32)25(18-2-6-20(27)7-3-18)19-4-8-21(28)9-5-19/h2-11,16,25H,12-15H2,1H3,(H,30,33). The topological polar surface area (TPSA) is 52.7 Å². The smallest absolute Gasteiger partial charge is 0.256 e. The molecule has 0 radical (unpaired) electrons. The summed E-state index contributed by atoms with van der Waals surface area (Å²) in [6.07, 6.45) is 0. The molecule has 0 aliphatic carbocycles. The molecule has 0 bridgehead atoms. The van der Waals surface area contributed by atoms with Gasteiger partial charge in [-0.1, -0.05) is 24.3 Å². The second-order valence-electron chi connectivity index (χ2n) is 8.21. The van der Waals surface area contributed by atoms with Crippen molar-refractivity contribution in [1.29, 1.82) is 0 Å². The summed E-state index contributed by atoms with van der Waals surface area (Å²) in [5, 5.41) is 2.56.